The van der Waals surface area contributed by atoms with Crippen molar-refractivity contribution in [3.63, 3.8) is 0 Å². The number of pyridine rings is 2. The number of carbonyl (C=O) groups is 4. The van der Waals surface area contributed by atoms with Crippen molar-refractivity contribution in [3.05, 3.63) is 66.1 Å². The number of rotatable bonds is 54. The van der Waals surface area contributed by atoms with Crippen LogP contribution in [0, 0.1) is 17.2 Å². The van der Waals surface area contributed by atoms with Crippen molar-refractivity contribution < 1.29 is 95.0 Å². The van der Waals surface area contributed by atoms with Gasteiger partial charge < -0.3 is 96.2 Å². The van der Waals surface area contributed by atoms with E-state index in [1.807, 2.05) is 6.07 Å². The van der Waals surface area contributed by atoms with Crippen LogP contribution in [-0.4, -0.2) is 281 Å². The number of nitriles is 1. The van der Waals surface area contributed by atoms with Gasteiger partial charge in [-0.25, -0.2) is 0 Å². The Labute approximate surface area is 510 Å². The highest BCUT2D eigenvalue weighted by Crippen LogP contribution is 2.36. The lowest BCUT2D eigenvalue weighted by atomic mass is 9.94. The van der Waals surface area contributed by atoms with Gasteiger partial charge in [-0.05, 0) is 42.7 Å². The quantitative estimate of drug-likeness (QED) is 0.0762. The summed E-state index contributed by atoms with van der Waals surface area (Å²) >= 11 is 0. The molecule has 87 heavy (non-hydrogen) atoms. The maximum Gasteiger partial charge on any atom is 0.252 e. The molecule has 0 spiro atoms. The fourth-order valence-corrected chi connectivity index (χ4v) is 8.86. The summed E-state index contributed by atoms with van der Waals surface area (Å²) < 4.78 is 88.9. The second kappa shape index (κ2) is 47.4. The number of fused-ring (bicyclic) bond motifs is 1. The van der Waals surface area contributed by atoms with Crippen molar-refractivity contribution >= 4 is 34.5 Å². The Balaban J connectivity index is 0.648. The van der Waals surface area contributed by atoms with E-state index in [-0.39, 0.29) is 36.7 Å². The summed E-state index contributed by atoms with van der Waals surface area (Å²) in [5.41, 5.74) is 1.81. The first-order valence-electron chi connectivity index (χ1n) is 30.0. The smallest absolute Gasteiger partial charge is 0.252 e. The molecule has 0 aliphatic carbocycles. The summed E-state index contributed by atoms with van der Waals surface area (Å²) in [6.45, 7) is 14.3. The number of nitrogens with one attached hydrogen (secondary N) is 2. The zero-order valence-corrected chi connectivity index (χ0v) is 50.5. The van der Waals surface area contributed by atoms with Gasteiger partial charge in [-0.1, -0.05) is 6.07 Å². The highest BCUT2D eigenvalue weighted by Gasteiger charge is 2.42. The second-order valence-electron chi connectivity index (χ2n) is 19.5. The molecule has 2 aromatic heterocycles. The van der Waals surface area contributed by atoms with Gasteiger partial charge in [0.1, 0.15) is 18.4 Å². The molecule has 4 amide bonds. The lowest BCUT2D eigenvalue weighted by Crippen LogP contribution is -2.42. The first-order chi connectivity index (χ1) is 42.9. The van der Waals surface area contributed by atoms with Crippen LogP contribution in [0.4, 0.5) is 0 Å². The number of hydrogen-bond acceptors (Lipinski definition) is 23. The third kappa shape index (κ3) is 30.9. The molecule has 4 heterocycles. The zero-order chi connectivity index (χ0) is 61.5. The Hall–Kier alpha value is -5.65. The molecule has 3 aromatic rings. The van der Waals surface area contributed by atoms with Gasteiger partial charge in [0, 0.05) is 56.6 Å². The SMILES string of the molecule is CN1C(=O)C[C@H](C(=O)NCCOCCOCCOCCOCCOCCOCCOCCOCCOCCOCCOCCOCCOCCOCCOCCOc2ccc3c(C(=O)NCC(=O)N4CCC[C@H]4C#N)ccnc3c2)[C@H]1c1cccnc1. The highest BCUT2D eigenvalue weighted by molar-refractivity contribution is 6.07. The maximum atomic E-state index is 12.9. The minimum Gasteiger partial charge on any atom is -0.491 e. The van der Waals surface area contributed by atoms with Gasteiger partial charge in [0.15, 0.2) is 0 Å². The maximum absolute atomic E-state index is 12.9. The average molecular weight is 1230 g/mol. The summed E-state index contributed by atoms with van der Waals surface area (Å²) in [4.78, 5) is 62.2. The van der Waals surface area contributed by atoms with Crippen LogP contribution in [0.3, 0.4) is 0 Å². The summed E-state index contributed by atoms with van der Waals surface area (Å²) in [5.74, 6) is -0.792. The molecular weight excluding hydrogens is 1140 g/mol. The van der Waals surface area contributed by atoms with Crippen molar-refractivity contribution in [3.8, 4) is 11.8 Å². The van der Waals surface area contributed by atoms with Crippen LogP contribution in [0.5, 0.6) is 5.75 Å². The minimum atomic E-state index is -0.472. The van der Waals surface area contributed by atoms with E-state index in [0.717, 1.165) is 12.0 Å². The normalized spacial score (nSPS) is 15.8. The van der Waals surface area contributed by atoms with Crippen LogP contribution < -0.4 is 15.4 Å². The second-order valence-corrected chi connectivity index (χ2v) is 19.5. The average Bonchev–Trinajstić information content (AvgIpc) is 3.58. The van der Waals surface area contributed by atoms with E-state index in [2.05, 4.69) is 26.7 Å². The number of ether oxygens (including phenoxy) is 16. The number of carbonyl (C=O) groups excluding carboxylic acids is 4. The summed E-state index contributed by atoms with van der Waals surface area (Å²) in [5, 5.41) is 15.4. The molecule has 1 aromatic carbocycles. The van der Waals surface area contributed by atoms with E-state index in [4.69, 9.17) is 75.8 Å². The van der Waals surface area contributed by atoms with E-state index < -0.39 is 17.9 Å². The molecule has 2 fully saturated rings. The summed E-state index contributed by atoms with van der Waals surface area (Å²) in [6.07, 6.45) is 6.49. The van der Waals surface area contributed by atoms with Crippen LogP contribution in [0.15, 0.2) is 55.0 Å². The van der Waals surface area contributed by atoms with Crippen LogP contribution in [0.25, 0.3) is 10.9 Å². The Bertz CT molecular complexity index is 2360. The number of aromatic nitrogens is 2. The van der Waals surface area contributed by atoms with Crippen LogP contribution in [-0.2, 0) is 85.4 Å². The largest absolute Gasteiger partial charge is 0.491 e. The van der Waals surface area contributed by atoms with E-state index in [1.54, 1.807) is 54.7 Å². The fraction of sp³-hybridized carbons (Fsp3) is 0.683. The molecule has 0 radical (unpaired) electrons. The number of benzene rings is 1. The van der Waals surface area contributed by atoms with Crippen molar-refractivity contribution in [2.75, 3.05) is 231 Å². The van der Waals surface area contributed by atoms with Gasteiger partial charge in [0.05, 0.1) is 234 Å². The van der Waals surface area contributed by atoms with Crippen molar-refractivity contribution in [2.24, 2.45) is 5.92 Å². The molecule has 2 N–H and O–H groups in total. The monoisotopic (exact) mass is 1230 g/mol. The number of likely N-dealkylation sites (tertiary alicyclic amines) is 2. The van der Waals surface area contributed by atoms with E-state index in [1.165, 1.54) is 11.1 Å². The molecule has 0 saturated carbocycles. The molecule has 5 rings (SSSR count). The Morgan fingerprint density at radius 2 is 1.02 bits per heavy atom. The van der Waals surface area contributed by atoms with Gasteiger partial charge in [-0.15, -0.1) is 0 Å². The Kier molecular flexibility index (Phi) is 39.3. The molecule has 0 unspecified atom stereocenters. The van der Waals surface area contributed by atoms with Crippen LogP contribution in [0.2, 0.25) is 0 Å². The predicted octanol–water partition coefficient (Wildman–Crippen LogP) is 1.84. The van der Waals surface area contributed by atoms with Gasteiger partial charge in [-0.2, -0.15) is 5.26 Å². The number of nitrogens with zero attached hydrogens (tertiary/aromatic N) is 5. The molecule has 2 saturated heterocycles. The topological polar surface area (TPSA) is 296 Å². The van der Waals surface area contributed by atoms with Gasteiger partial charge in [0.2, 0.25) is 17.7 Å². The van der Waals surface area contributed by atoms with E-state index in [9.17, 15) is 24.4 Å². The van der Waals surface area contributed by atoms with Gasteiger partial charge >= 0.3 is 0 Å². The van der Waals surface area contributed by atoms with Crippen LogP contribution >= 0.6 is 0 Å². The standard InChI is InChI=1S/C60H91N7O20/c1-66-56(68)45-54(58(66)49-4-2-9-62-47-49)60(71)64-11-13-72-14-15-73-16-17-74-18-19-75-20-21-76-22-23-77-24-25-78-26-27-79-28-29-80-30-31-81-32-33-82-34-35-83-36-37-84-38-39-85-40-41-86-42-43-87-51-6-7-52-53(8-10-63-55(52)44-51)59(70)65-48-57(69)67-12-3-5-50(67)46-61/h2,4,6-10,44,47,50,54,58H,3,5,11-43,45,48H2,1H3,(H,64,71)(H,65,70)/t50-,54-,58+/m0/s1. The summed E-state index contributed by atoms with van der Waals surface area (Å²) in [6, 6.07) is 11.9. The number of amides is 4. The van der Waals surface area contributed by atoms with Crippen molar-refractivity contribution in [1.82, 2.24) is 30.4 Å². The molecule has 0 bridgehead atoms. The molecular formula is C60H91N7O20. The van der Waals surface area contributed by atoms with E-state index >= 15 is 0 Å². The Morgan fingerprint density at radius 3 is 1.46 bits per heavy atom. The molecule has 2 aliphatic heterocycles. The summed E-state index contributed by atoms with van der Waals surface area (Å²) in [7, 11) is 1.71. The third-order valence-corrected chi connectivity index (χ3v) is 13.3. The Morgan fingerprint density at radius 1 is 0.575 bits per heavy atom. The van der Waals surface area contributed by atoms with Gasteiger partial charge in [0.25, 0.3) is 5.91 Å². The third-order valence-electron chi connectivity index (χ3n) is 13.3. The lowest BCUT2D eigenvalue weighted by molar-refractivity contribution is -0.130. The highest BCUT2D eigenvalue weighted by atomic mass is 16.6. The molecule has 486 valence electrons. The van der Waals surface area contributed by atoms with Crippen molar-refractivity contribution in [1.29, 1.82) is 5.26 Å². The van der Waals surface area contributed by atoms with Crippen LogP contribution in [0.1, 0.15) is 41.2 Å². The zero-order valence-electron chi connectivity index (χ0n) is 50.5. The number of hydrogen-bond donors (Lipinski definition) is 2. The minimum absolute atomic E-state index is 0.0643. The first kappa shape index (κ1) is 72.1. The van der Waals surface area contributed by atoms with E-state index in [0.29, 0.717) is 247 Å². The fourth-order valence-electron chi connectivity index (χ4n) is 8.86. The molecule has 27 heteroatoms. The predicted molar refractivity (Wildman–Crippen MR) is 313 cm³/mol. The van der Waals surface area contributed by atoms with Crippen molar-refractivity contribution in [2.45, 2.75) is 31.3 Å². The van der Waals surface area contributed by atoms with Gasteiger partial charge in [-0.3, -0.25) is 29.1 Å². The molecule has 3 atom stereocenters. The molecule has 2 aliphatic rings. The first-order valence-corrected chi connectivity index (χ1v) is 30.0. The lowest BCUT2D eigenvalue weighted by Gasteiger charge is -2.24. The molecule has 27 nitrogen and oxygen atoms in total.